The van der Waals surface area contributed by atoms with Crippen molar-refractivity contribution in [3.8, 4) is 0 Å². The van der Waals surface area contributed by atoms with Crippen LogP contribution in [0.3, 0.4) is 0 Å². The fourth-order valence-electron chi connectivity index (χ4n) is 3.07. The van der Waals surface area contributed by atoms with Gasteiger partial charge in [-0.25, -0.2) is 4.98 Å². The standard InChI is InChI=1S/C19H20ClN5O2/c1-19(13-9-22-25(2)10-13,16-4-3-5-17(20)23-16)11-21-18(26)14-8-15(27-24-14)12-6-7-12/h3-5,8-10,12H,6-7,11H2,1-2H3,(H,21,26). The number of hydrogen-bond donors (Lipinski definition) is 1. The first kappa shape index (κ1) is 17.7. The Bertz CT molecular complexity index is 978. The Balaban J connectivity index is 1.58. The monoisotopic (exact) mass is 385 g/mol. The molecule has 1 unspecified atom stereocenters. The molecule has 3 heterocycles. The van der Waals surface area contributed by atoms with E-state index < -0.39 is 5.41 Å². The van der Waals surface area contributed by atoms with Crippen LogP contribution in [-0.4, -0.2) is 32.4 Å². The van der Waals surface area contributed by atoms with Crippen LogP contribution in [0.1, 0.15) is 53.2 Å². The topological polar surface area (TPSA) is 85.8 Å². The van der Waals surface area contributed by atoms with Gasteiger partial charge in [0.05, 0.1) is 17.3 Å². The molecule has 1 amide bonds. The van der Waals surface area contributed by atoms with Gasteiger partial charge < -0.3 is 9.84 Å². The molecule has 27 heavy (non-hydrogen) atoms. The average Bonchev–Trinajstić information content (AvgIpc) is 3.21. The fraction of sp³-hybridized carbons (Fsp3) is 0.368. The maximum absolute atomic E-state index is 12.6. The molecule has 1 fully saturated rings. The third kappa shape index (κ3) is 3.60. The van der Waals surface area contributed by atoms with E-state index in [1.165, 1.54) is 0 Å². The number of hydrogen-bond acceptors (Lipinski definition) is 5. The third-order valence-electron chi connectivity index (χ3n) is 4.97. The number of rotatable bonds is 6. The average molecular weight is 386 g/mol. The summed E-state index contributed by atoms with van der Waals surface area (Å²) in [4.78, 5) is 17.0. The van der Waals surface area contributed by atoms with E-state index in [2.05, 4.69) is 20.6 Å². The predicted octanol–water partition coefficient (Wildman–Crippen LogP) is 3.07. The van der Waals surface area contributed by atoms with Gasteiger partial charge >= 0.3 is 0 Å². The summed E-state index contributed by atoms with van der Waals surface area (Å²) in [7, 11) is 1.85. The molecular weight excluding hydrogens is 366 g/mol. The molecule has 140 valence electrons. The Labute approximate surface area is 161 Å². The molecule has 1 atom stereocenters. The van der Waals surface area contributed by atoms with Gasteiger partial charge in [-0.3, -0.25) is 9.48 Å². The molecule has 3 aromatic heterocycles. The number of amides is 1. The number of aryl methyl sites for hydroxylation is 1. The molecule has 1 saturated carbocycles. The van der Waals surface area contributed by atoms with Crippen molar-refractivity contribution < 1.29 is 9.32 Å². The molecule has 4 rings (SSSR count). The Hall–Kier alpha value is -2.67. The molecule has 0 bridgehead atoms. The van der Waals surface area contributed by atoms with E-state index in [0.29, 0.717) is 23.3 Å². The van der Waals surface area contributed by atoms with Gasteiger partial charge in [0, 0.05) is 37.3 Å². The van der Waals surface area contributed by atoms with E-state index in [4.69, 9.17) is 16.1 Å². The van der Waals surface area contributed by atoms with Gasteiger partial charge in [-0.05, 0) is 31.9 Å². The molecule has 1 N–H and O–H groups in total. The van der Waals surface area contributed by atoms with E-state index in [1.807, 2.05) is 32.3 Å². The predicted molar refractivity (Wildman–Crippen MR) is 99.7 cm³/mol. The second-order valence-corrected chi connectivity index (χ2v) is 7.54. The lowest BCUT2D eigenvalue weighted by Gasteiger charge is -2.28. The quantitative estimate of drug-likeness (QED) is 0.659. The van der Waals surface area contributed by atoms with Crippen molar-refractivity contribution in [3.63, 3.8) is 0 Å². The highest BCUT2D eigenvalue weighted by Gasteiger charge is 2.34. The van der Waals surface area contributed by atoms with Crippen molar-refractivity contribution in [2.45, 2.75) is 31.1 Å². The van der Waals surface area contributed by atoms with E-state index >= 15 is 0 Å². The molecule has 0 saturated heterocycles. The summed E-state index contributed by atoms with van der Waals surface area (Å²) in [6.45, 7) is 2.32. The summed E-state index contributed by atoms with van der Waals surface area (Å²) < 4.78 is 7.00. The summed E-state index contributed by atoms with van der Waals surface area (Å²) in [5.41, 5.74) is 1.38. The number of nitrogens with zero attached hydrogens (tertiary/aromatic N) is 4. The lowest BCUT2D eigenvalue weighted by Crippen LogP contribution is -2.40. The van der Waals surface area contributed by atoms with Crippen LogP contribution < -0.4 is 5.32 Å². The van der Waals surface area contributed by atoms with Gasteiger partial charge in [-0.2, -0.15) is 5.10 Å². The zero-order chi connectivity index (χ0) is 19.0. The van der Waals surface area contributed by atoms with Crippen molar-refractivity contribution in [2.24, 2.45) is 7.05 Å². The summed E-state index contributed by atoms with van der Waals surface area (Å²) >= 11 is 6.10. The Morgan fingerprint density at radius 3 is 2.93 bits per heavy atom. The van der Waals surface area contributed by atoms with Gasteiger partial charge in [0.15, 0.2) is 5.69 Å². The zero-order valence-corrected chi connectivity index (χ0v) is 15.9. The SMILES string of the molecule is Cn1cc(C(C)(CNC(=O)c2cc(C3CC3)on2)c2cccc(Cl)n2)cn1. The summed E-state index contributed by atoms with van der Waals surface area (Å²) in [5, 5.41) is 11.5. The highest BCUT2D eigenvalue weighted by molar-refractivity contribution is 6.29. The van der Waals surface area contributed by atoms with Crippen molar-refractivity contribution in [1.82, 2.24) is 25.2 Å². The van der Waals surface area contributed by atoms with Crippen molar-refractivity contribution in [1.29, 1.82) is 0 Å². The molecule has 3 aromatic rings. The van der Waals surface area contributed by atoms with Crippen molar-refractivity contribution >= 4 is 17.5 Å². The lowest BCUT2D eigenvalue weighted by atomic mass is 9.80. The number of halogens is 1. The molecular formula is C19H20ClN5O2. The van der Waals surface area contributed by atoms with Crippen LogP contribution in [0.5, 0.6) is 0 Å². The Morgan fingerprint density at radius 2 is 2.26 bits per heavy atom. The number of carbonyl (C=O) groups excluding carboxylic acids is 1. The molecule has 8 heteroatoms. The Kier molecular flexibility index (Phi) is 4.47. The minimum absolute atomic E-state index is 0.275. The van der Waals surface area contributed by atoms with Crippen LogP contribution in [0.15, 0.2) is 41.2 Å². The molecule has 0 aromatic carbocycles. The first-order chi connectivity index (χ1) is 13.0. The van der Waals surface area contributed by atoms with Crippen LogP contribution >= 0.6 is 11.6 Å². The summed E-state index contributed by atoms with van der Waals surface area (Å²) in [5.74, 6) is 0.921. The van der Waals surface area contributed by atoms with Crippen LogP contribution in [0.25, 0.3) is 0 Å². The van der Waals surface area contributed by atoms with Crippen LogP contribution in [0.2, 0.25) is 5.15 Å². The van der Waals surface area contributed by atoms with Crippen molar-refractivity contribution in [2.75, 3.05) is 6.54 Å². The highest BCUT2D eigenvalue weighted by atomic mass is 35.5. The second-order valence-electron chi connectivity index (χ2n) is 7.15. The number of aromatic nitrogens is 4. The second kappa shape index (κ2) is 6.81. The largest absolute Gasteiger partial charge is 0.360 e. The minimum Gasteiger partial charge on any atom is -0.360 e. The summed E-state index contributed by atoms with van der Waals surface area (Å²) in [6, 6.07) is 7.20. The summed E-state index contributed by atoms with van der Waals surface area (Å²) in [6.07, 6.45) is 5.87. The van der Waals surface area contributed by atoms with Gasteiger partial charge in [0.1, 0.15) is 10.9 Å². The Morgan fingerprint density at radius 1 is 1.44 bits per heavy atom. The molecule has 7 nitrogen and oxygen atoms in total. The van der Waals surface area contributed by atoms with E-state index in [0.717, 1.165) is 29.9 Å². The first-order valence-corrected chi connectivity index (χ1v) is 9.20. The highest BCUT2D eigenvalue weighted by Crippen LogP contribution is 2.40. The van der Waals surface area contributed by atoms with Crippen LogP contribution in [-0.2, 0) is 12.5 Å². The molecule has 1 aliphatic carbocycles. The fourth-order valence-corrected chi connectivity index (χ4v) is 3.23. The van der Waals surface area contributed by atoms with Crippen LogP contribution in [0, 0.1) is 0 Å². The van der Waals surface area contributed by atoms with E-state index in [-0.39, 0.29) is 5.91 Å². The maximum Gasteiger partial charge on any atom is 0.273 e. The number of pyridine rings is 1. The van der Waals surface area contributed by atoms with Gasteiger partial charge in [0.2, 0.25) is 0 Å². The van der Waals surface area contributed by atoms with Gasteiger partial charge in [-0.1, -0.05) is 22.8 Å². The number of nitrogens with one attached hydrogen (secondary N) is 1. The molecule has 1 aliphatic rings. The van der Waals surface area contributed by atoms with E-state index in [9.17, 15) is 4.79 Å². The first-order valence-electron chi connectivity index (χ1n) is 8.83. The molecule has 0 radical (unpaired) electrons. The normalized spacial score (nSPS) is 16.1. The van der Waals surface area contributed by atoms with Gasteiger partial charge in [0.25, 0.3) is 5.91 Å². The third-order valence-corrected chi connectivity index (χ3v) is 5.18. The molecule has 0 aliphatic heterocycles. The van der Waals surface area contributed by atoms with Crippen molar-refractivity contribution in [3.05, 3.63) is 64.5 Å². The minimum atomic E-state index is -0.599. The molecule has 0 spiro atoms. The van der Waals surface area contributed by atoms with E-state index in [1.54, 1.807) is 23.0 Å². The number of carbonyl (C=O) groups is 1. The van der Waals surface area contributed by atoms with Gasteiger partial charge in [-0.15, -0.1) is 0 Å². The lowest BCUT2D eigenvalue weighted by molar-refractivity contribution is 0.0938. The maximum atomic E-state index is 12.6. The smallest absolute Gasteiger partial charge is 0.273 e. The zero-order valence-electron chi connectivity index (χ0n) is 15.1. The van der Waals surface area contributed by atoms with Crippen LogP contribution in [0.4, 0.5) is 0 Å².